The van der Waals surface area contributed by atoms with Crippen molar-refractivity contribution < 1.29 is 4.79 Å². The van der Waals surface area contributed by atoms with Crippen molar-refractivity contribution in [2.75, 3.05) is 14.1 Å². The van der Waals surface area contributed by atoms with Crippen LogP contribution in [0.5, 0.6) is 0 Å². The van der Waals surface area contributed by atoms with E-state index in [1.807, 2.05) is 0 Å². The van der Waals surface area contributed by atoms with Crippen molar-refractivity contribution in [2.24, 2.45) is 11.8 Å². The molecule has 0 saturated heterocycles. The molecule has 2 aliphatic rings. The Morgan fingerprint density at radius 1 is 1.31 bits per heavy atom. The number of hydrogen-bond acceptors (Lipinski definition) is 2. The highest BCUT2D eigenvalue weighted by Crippen LogP contribution is 2.42. The summed E-state index contributed by atoms with van der Waals surface area (Å²) in [7, 11) is 4.32. The van der Waals surface area contributed by atoms with Crippen molar-refractivity contribution in [3.05, 3.63) is 11.6 Å². The van der Waals surface area contributed by atoms with Crippen LogP contribution in [0.25, 0.3) is 0 Å². The minimum atomic E-state index is 0.308. The molecule has 2 nitrogen and oxygen atoms in total. The average molecular weight is 221 g/mol. The van der Waals surface area contributed by atoms with Crippen molar-refractivity contribution in [1.82, 2.24) is 4.90 Å². The highest BCUT2D eigenvalue weighted by atomic mass is 16.1. The molecule has 0 N–H and O–H groups in total. The lowest BCUT2D eigenvalue weighted by atomic mass is 9.67. The van der Waals surface area contributed by atoms with E-state index in [0.717, 1.165) is 12.8 Å². The summed E-state index contributed by atoms with van der Waals surface area (Å²) in [6.45, 7) is 1.77. The van der Waals surface area contributed by atoms with E-state index in [9.17, 15) is 4.79 Å². The summed E-state index contributed by atoms with van der Waals surface area (Å²) in [5.41, 5.74) is 1.56. The number of carbonyl (C=O) groups excluding carboxylic acids is 1. The van der Waals surface area contributed by atoms with Gasteiger partial charge in [-0.1, -0.05) is 11.6 Å². The quantitative estimate of drug-likeness (QED) is 0.668. The molecule has 0 heterocycles. The van der Waals surface area contributed by atoms with Gasteiger partial charge in [-0.05, 0) is 59.0 Å². The van der Waals surface area contributed by atoms with Gasteiger partial charge in [0.2, 0.25) is 0 Å². The Bertz CT molecular complexity index is 306. The second-order valence-electron chi connectivity index (χ2n) is 5.52. The van der Waals surface area contributed by atoms with Crippen LogP contribution in [0.4, 0.5) is 0 Å². The fourth-order valence-corrected chi connectivity index (χ4v) is 3.49. The van der Waals surface area contributed by atoms with Gasteiger partial charge in [-0.2, -0.15) is 0 Å². The highest BCUT2D eigenvalue weighted by molar-refractivity contribution is 5.79. The Morgan fingerprint density at radius 2 is 2.06 bits per heavy atom. The number of fused-ring (bicyclic) bond motifs is 1. The Kier molecular flexibility index (Phi) is 3.48. The Morgan fingerprint density at radius 3 is 2.69 bits per heavy atom. The number of Topliss-reactive ketones (excluding diaryl/α,β-unsaturated/α-hetero) is 1. The lowest BCUT2D eigenvalue weighted by Gasteiger charge is -2.42. The van der Waals surface area contributed by atoms with Crippen LogP contribution in [-0.2, 0) is 4.79 Å². The third-order valence-corrected chi connectivity index (χ3v) is 4.29. The normalized spacial score (nSPS) is 34.5. The monoisotopic (exact) mass is 221 g/mol. The summed E-state index contributed by atoms with van der Waals surface area (Å²) in [6.07, 6.45) is 8.34. The summed E-state index contributed by atoms with van der Waals surface area (Å²) in [6, 6.07) is 0.584. The summed E-state index contributed by atoms with van der Waals surface area (Å²) in [5, 5.41) is 0. The summed E-state index contributed by atoms with van der Waals surface area (Å²) < 4.78 is 0. The summed E-state index contributed by atoms with van der Waals surface area (Å²) >= 11 is 0. The standard InChI is InChI=1S/C14H23NO/c1-10(16)11-8-9-14(15(2)3)13-7-5-4-6-12(11)13/h7,11-12,14H,4-6,8-9H2,1-3H3. The first-order valence-electron chi connectivity index (χ1n) is 6.48. The minimum Gasteiger partial charge on any atom is -0.303 e. The fraction of sp³-hybridized carbons (Fsp3) is 0.786. The van der Waals surface area contributed by atoms with E-state index in [1.165, 1.54) is 19.3 Å². The molecule has 0 aromatic rings. The molecule has 0 radical (unpaired) electrons. The van der Waals surface area contributed by atoms with Gasteiger partial charge in [-0.25, -0.2) is 0 Å². The van der Waals surface area contributed by atoms with Crippen LogP contribution in [0.15, 0.2) is 11.6 Å². The van der Waals surface area contributed by atoms with E-state index in [1.54, 1.807) is 12.5 Å². The minimum absolute atomic E-state index is 0.308. The molecule has 90 valence electrons. The van der Waals surface area contributed by atoms with Crippen LogP contribution in [0.1, 0.15) is 39.0 Å². The Hall–Kier alpha value is -0.630. The highest BCUT2D eigenvalue weighted by Gasteiger charge is 2.38. The zero-order chi connectivity index (χ0) is 11.7. The lowest BCUT2D eigenvalue weighted by molar-refractivity contribution is -0.123. The molecule has 2 heteroatoms. The molecule has 0 aromatic carbocycles. The maximum Gasteiger partial charge on any atom is 0.133 e. The van der Waals surface area contributed by atoms with Gasteiger partial charge in [0, 0.05) is 12.0 Å². The van der Waals surface area contributed by atoms with Crippen LogP contribution in [0.2, 0.25) is 0 Å². The molecule has 0 aromatic heterocycles. The van der Waals surface area contributed by atoms with Gasteiger partial charge >= 0.3 is 0 Å². The first kappa shape index (κ1) is 11.8. The second-order valence-corrected chi connectivity index (χ2v) is 5.52. The second kappa shape index (κ2) is 4.70. The molecule has 0 spiro atoms. The fourth-order valence-electron chi connectivity index (χ4n) is 3.49. The third-order valence-electron chi connectivity index (χ3n) is 4.29. The molecular weight excluding hydrogens is 198 g/mol. The van der Waals surface area contributed by atoms with Crippen LogP contribution in [0.3, 0.4) is 0 Å². The van der Waals surface area contributed by atoms with Gasteiger partial charge in [0.1, 0.15) is 5.78 Å². The van der Waals surface area contributed by atoms with Crippen LogP contribution >= 0.6 is 0 Å². The maximum absolute atomic E-state index is 11.7. The molecular formula is C14H23NO. The van der Waals surface area contributed by atoms with E-state index >= 15 is 0 Å². The summed E-state index contributed by atoms with van der Waals surface area (Å²) in [4.78, 5) is 14.0. The zero-order valence-corrected chi connectivity index (χ0v) is 10.7. The predicted octanol–water partition coefficient (Wildman–Crippen LogP) is 2.64. The molecule has 1 saturated carbocycles. The van der Waals surface area contributed by atoms with Crippen LogP contribution in [-0.4, -0.2) is 30.8 Å². The molecule has 3 atom stereocenters. The lowest BCUT2D eigenvalue weighted by Crippen LogP contribution is -2.42. The van der Waals surface area contributed by atoms with Crippen LogP contribution < -0.4 is 0 Å². The zero-order valence-electron chi connectivity index (χ0n) is 10.7. The van der Waals surface area contributed by atoms with Crippen molar-refractivity contribution in [3.63, 3.8) is 0 Å². The largest absolute Gasteiger partial charge is 0.303 e. The first-order valence-corrected chi connectivity index (χ1v) is 6.48. The van der Waals surface area contributed by atoms with E-state index in [0.29, 0.717) is 23.7 Å². The van der Waals surface area contributed by atoms with E-state index in [4.69, 9.17) is 0 Å². The van der Waals surface area contributed by atoms with E-state index in [-0.39, 0.29) is 0 Å². The number of ketones is 1. The van der Waals surface area contributed by atoms with Gasteiger partial charge in [0.15, 0.2) is 0 Å². The number of likely N-dealkylation sites (N-methyl/N-ethyl adjacent to an activating group) is 1. The number of rotatable bonds is 2. The van der Waals surface area contributed by atoms with Crippen LogP contribution in [0, 0.1) is 11.8 Å². The van der Waals surface area contributed by atoms with E-state index < -0.39 is 0 Å². The van der Waals surface area contributed by atoms with Gasteiger partial charge in [-0.15, -0.1) is 0 Å². The number of hydrogen-bond donors (Lipinski definition) is 0. The van der Waals surface area contributed by atoms with Crippen molar-refractivity contribution in [1.29, 1.82) is 0 Å². The number of carbonyl (C=O) groups is 1. The Balaban J connectivity index is 2.23. The Labute approximate surface area is 98.7 Å². The van der Waals surface area contributed by atoms with Gasteiger partial charge in [0.05, 0.1) is 0 Å². The molecule has 1 fully saturated rings. The molecule has 0 bridgehead atoms. The van der Waals surface area contributed by atoms with Gasteiger partial charge < -0.3 is 4.90 Å². The number of nitrogens with zero attached hydrogens (tertiary/aromatic N) is 1. The van der Waals surface area contributed by atoms with E-state index in [2.05, 4.69) is 25.1 Å². The van der Waals surface area contributed by atoms with Gasteiger partial charge in [0.25, 0.3) is 0 Å². The maximum atomic E-state index is 11.7. The molecule has 16 heavy (non-hydrogen) atoms. The van der Waals surface area contributed by atoms with Crippen molar-refractivity contribution in [2.45, 2.75) is 45.1 Å². The predicted molar refractivity (Wildman–Crippen MR) is 66.3 cm³/mol. The molecule has 2 aliphatic carbocycles. The van der Waals surface area contributed by atoms with Crippen molar-refractivity contribution in [3.8, 4) is 0 Å². The average Bonchev–Trinajstić information content (AvgIpc) is 2.27. The summed E-state index contributed by atoms with van der Waals surface area (Å²) in [5.74, 6) is 1.25. The topological polar surface area (TPSA) is 20.3 Å². The molecule has 2 rings (SSSR count). The van der Waals surface area contributed by atoms with Crippen molar-refractivity contribution >= 4 is 5.78 Å². The SMILES string of the molecule is CC(=O)C1CCC(N(C)C)C2=CCCCC21. The smallest absolute Gasteiger partial charge is 0.133 e. The van der Waals surface area contributed by atoms with Gasteiger partial charge in [-0.3, -0.25) is 4.79 Å². The number of allylic oxidation sites excluding steroid dienone is 1. The molecule has 0 amide bonds. The molecule has 3 unspecified atom stereocenters. The third kappa shape index (κ3) is 2.08. The molecule has 0 aliphatic heterocycles. The first-order chi connectivity index (χ1) is 7.61.